The van der Waals surface area contributed by atoms with E-state index >= 15 is 0 Å². The van der Waals surface area contributed by atoms with Gasteiger partial charge in [-0.25, -0.2) is 4.79 Å². The van der Waals surface area contributed by atoms with Crippen LogP contribution in [-0.2, 0) is 4.74 Å². The number of Topliss-reactive ketones (excluding diaryl/α,β-unsaturated/α-hetero) is 1. The van der Waals surface area contributed by atoms with Crippen molar-refractivity contribution >= 4 is 22.5 Å². The van der Waals surface area contributed by atoms with Crippen molar-refractivity contribution in [3.63, 3.8) is 0 Å². The fourth-order valence-electron chi connectivity index (χ4n) is 3.42. The van der Waals surface area contributed by atoms with Crippen molar-refractivity contribution in [2.75, 3.05) is 6.61 Å². The molecule has 6 heteroatoms. The molecule has 4 aromatic rings. The summed E-state index contributed by atoms with van der Waals surface area (Å²) in [5.41, 5.74) is 1.75. The van der Waals surface area contributed by atoms with Crippen LogP contribution in [0.2, 0.25) is 0 Å². The highest BCUT2D eigenvalue weighted by molar-refractivity contribution is 6.04. The van der Waals surface area contributed by atoms with Gasteiger partial charge in [0.25, 0.3) is 5.56 Å². The lowest BCUT2D eigenvalue weighted by Crippen LogP contribution is -2.25. The minimum Gasteiger partial charge on any atom is -0.452 e. The second-order valence-electron chi connectivity index (χ2n) is 7.72. The van der Waals surface area contributed by atoms with Crippen molar-refractivity contribution in [3.8, 4) is 5.69 Å². The molecule has 1 heterocycles. The second kappa shape index (κ2) is 8.98. The van der Waals surface area contributed by atoms with E-state index in [9.17, 15) is 14.4 Å². The Bertz CT molecular complexity index is 1340. The first-order valence-corrected chi connectivity index (χ1v) is 10.3. The Hall–Kier alpha value is -4.06. The molecule has 0 fully saturated rings. The van der Waals surface area contributed by atoms with Gasteiger partial charge in [0, 0.05) is 10.9 Å². The SMILES string of the molecule is CC(C)c1ccc(C(=O)COC(=O)c2nn(-c3ccccc3)c(=O)c3ccccc23)cc1. The number of carbonyl (C=O) groups is 2. The molecule has 0 atom stereocenters. The number of ketones is 1. The van der Waals surface area contributed by atoms with Crippen molar-refractivity contribution in [2.24, 2.45) is 0 Å². The Balaban J connectivity index is 1.63. The summed E-state index contributed by atoms with van der Waals surface area (Å²) in [4.78, 5) is 38.3. The first-order chi connectivity index (χ1) is 15.5. The number of ether oxygens (including phenoxy) is 1. The van der Waals surface area contributed by atoms with Crippen LogP contribution in [0, 0.1) is 0 Å². The zero-order valence-corrected chi connectivity index (χ0v) is 17.8. The van der Waals surface area contributed by atoms with Crippen LogP contribution >= 0.6 is 0 Å². The molecule has 0 unspecified atom stereocenters. The summed E-state index contributed by atoms with van der Waals surface area (Å²) in [7, 11) is 0. The predicted octanol–water partition coefficient (Wildman–Crippen LogP) is 4.55. The lowest BCUT2D eigenvalue weighted by molar-refractivity contribution is 0.0469. The first kappa shape index (κ1) is 21.2. The zero-order chi connectivity index (χ0) is 22.7. The van der Waals surface area contributed by atoms with Gasteiger partial charge in [-0.05, 0) is 29.7 Å². The molecule has 0 N–H and O–H groups in total. The Labute approximate surface area is 185 Å². The summed E-state index contributed by atoms with van der Waals surface area (Å²) in [6.45, 7) is 3.73. The molecule has 0 aliphatic heterocycles. The number of hydrogen-bond acceptors (Lipinski definition) is 5. The van der Waals surface area contributed by atoms with Gasteiger partial charge in [-0.15, -0.1) is 0 Å². The highest BCUT2D eigenvalue weighted by atomic mass is 16.5. The summed E-state index contributed by atoms with van der Waals surface area (Å²) in [5.74, 6) is -0.719. The summed E-state index contributed by atoms with van der Waals surface area (Å²) in [6, 6.07) is 22.8. The van der Waals surface area contributed by atoms with Gasteiger partial charge in [0.2, 0.25) is 0 Å². The molecule has 4 rings (SSSR count). The van der Waals surface area contributed by atoms with Crippen LogP contribution in [0.15, 0.2) is 83.7 Å². The van der Waals surface area contributed by atoms with Crippen molar-refractivity contribution in [3.05, 3.63) is 106 Å². The number of benzene rings is 3. The van der Waals surface area contributed by atoms with Crippen LogP contribution in [0.1, 0.15) is 46.2 Å². The molecule has 6 nitrogen and oxygen atoms in total. The van der Waals surface area contributed by atoms with E-state index in [1.54, 1.807) is 60.7 Å². The van der Waals surface area contributed by atoms with Gasteiger partial charge in [-0.2, -0.15) is 9.78 Å². The summed E-state index contributed by atoms with van der Waals surface area (Å²) < 4.78 is 6.47. The van der Waals surface area contributed by atoms with Crippen LogP contribution in [-0.4, -0.2) is 28.1 Å². The molecule has 0 radical (unpaired) electrons. The highest BCUT2D eigenvalue weighted by Crippen LogP contribution is 2.17. The number of aromatic nitrogens is 2. The largest absolute Gasteiger partial charge is 0.452 e. The second-order valence-corrected chi connectivity index (χ2v) is 7.72. The number of hydrogen-bond donors (Lipinski definition) is 0. The summed E-state index contributed by atoms with van der Waals surface area (Å²) >= 11 is 0. The molecule has 1 aromatic heterocycles. The Morgan fingerprint density at radius 3 is 2.16 bits per heavy atom. The monoisotopic (exact) mass is 426 g/mol. The fraction of sp³-hybridized carbons (Fsp3) is 0.154. The van der Waals surface area contributed by atoms with Gasteiger partial charge in [0.1, 0.15) is 0 Å². The maximum Gasteiger partial charge on any atom is 0.359 e. The Kier molecular flexibility index (Phi) is 5.94. The maximum atomic E-state index is 12.9. The summed E-state index contributed by atoms with van der Waals surface area (Å²) in [5, 5.41) is 4.99. The van der Waals surface area contributed by atoms with Crippen LogP contribution < -0.4 is 5.56 Å². The molecule has 0 bridgehead atoms. The molecular formula is C26H22N2O4. The van der Waals surface area contributed by atoms with E-state index in [1.807, 2.05) is 18.2 Å². The van der Waals surface area contributed by atoms with Gasteiger partial charge in [-0.1, -0.05) is 74.5 Å². The molecular weight excluding hydrogens is 404 g/mol. The molecule has 32 heavy (non-hydrogen) atoms. The molecule has 0 aliphatic carbocycles. The zero-order valence-electron chi connectivity index (χ0n) is 17.8. The quantitative estimate of drug-likeness (QED) is 0.334. The van der Waals surface area contributed by atoms with Gasteiger partial charge in [0.05, 0.1) is 11.1 Å². The lowest BCUT2D eigenvalue weighted by Gasteiger charge is -2.11. The van der Waals surface area contributed by atoms with Crippen molar-refractivity contribution in [1.82, 2.24) is 9.78 Å². The Morgan fingerprint density at radius 1 is 0.875 bits per heavy atom. The third-order valence-electron chi connectivity index (χ3n) is 5.23. The molecule has 160 valence electrons. The number of rotatable bonds is 6. The topological polar surface area (TPSA) is 78.3 Å². The molecule has 0 aliphatic rings. The lowest BCUT2D eigenvalue weighted by atomic mass is 10.0. The number of esters is 1. The van der Waals surface area contributed by atoms with E-state index in [0.717, 1.165) is 5.56 Å². The first-order valence-electron chi connectivity index (χ1n) is 10.3. The molecule has 0 spiro atoms. The van der Waals surface area contributed by atoms with E-state index in [1.165, 1.54) is 4.68 Å². The van der Waals surface area contributed by atoms with Gasteiger partial charge in [0.15, 0.2) is 18.1 Å². The Morgan fingerprint density at radius 2 is 1.50 bits per heavy atom. The maximum absolute atomic E-state index is 12.9. The molecule has 0 saturated carbocycles. The van der Waals surface area contributed by atoms with Crippen molar-refractivity contribution in [1.29, 1.82) is 0 Å². The number of nitrogens with zero attached hydrogens (tertiary/aromatic N) is 2. The molecule has 0 amide bonds. The van der Waals surface area contributed by atoms with E-state index in [4.69, 9.17) is 4.74 Å². The van der Waals surface area contributed by atoms with E-state index < -0.39 is 12.6 Å². The van der Waals surface area contributed by atoms with Crippen LogP contribution in [0.3, 0.4) is 0 Å². The third-order valence-corrected chi connectivity index (χ3v) is 5.23. The minimum absolute atomic E-state index is 0.0213. The van der Waals surface area contributed by atoms with E-state index in [0.29, 0.717) is 27.9 Å². The smallest absolute Gasteiger partial charge is 0.359 e. The third kappa shape index (κ3) is 4.21. The number of fused-ring (bicyclic) bond motifs is 1. The molecule has 3 aromatic carbocycles. The standard InChI is InChI=1S/C26H22N2O4/c1-17(2)18-12-14-19(15-13-18)23(29)16-32-26(31)24-21-10-6-7-11-22(21)25(30)28(27-24)20-8-4-3-5-9-20/h3-15,17H,16H2,1-2H3. The average molecular weight is 426 g/mol. The predicted molar refractivity (Wildman–Crippen MR) is 122 cm³/mol. The van der Waals surface area contributed by atoms with Crippen LogP contribution in [0.5, 0.6) is 0 Å². The van der Waals surface area contributed by atoms with Gasteiger partial charge in [-0.3, -0.25) is 9.59 Å². The normalized spacial score (nSPS) is 11.0. The molecule has 0 saturated heterocycles. The fourth-order valence-corrected chi connectivity index (χ4v) is 3.42. The summed E-state index contributed by atoms with van der Waals surface area (Å²) in [6.07, 6.45) is 0. The van der Waals surface area contributed by atoms with Crippen LogP contribution in [0.25, 0.3) is 16.5 Å². The van der Waals surface area contributed by atoms with Gasteiger partial charge >= 0.3 is 5.97 Å². The van der Waals surface area contributed by atoms with Crippen LogP contribution in [0.4, 0.5) is 0 Å². The van der Waals surface area contributed by atoms with Crippen molar-refractivity contribution < 1.29 is 14.3 Å². The van der Waals surface area contributed by atoms with E-state index in [-0.39, 0.29) is 17.0 Å². The minimum atomic E-state index is -0.766. The average Bonchev–Trinajstić information content (AvgIpc) is 2.83. The highest BCUT2D eigenvalue weighted by Gasteiger charge is 2.20. The number of para-hydroxylation sites is 1. The number of carbonyl (C=O) groups excluding carboxylic acids is 2. The van der Waals surface area contributed by atoms with Crippen molar-refractivity contribution in [2.45, 2.75) is 19.8 Å². The van der Waals surface area contributed by atoms with Gasteiger partial charge < -0.3 is 4.74 Å². The van der Waals surface area contributed by atoms with E-state index in [2.05, 4.69) is 18.9 Å².